The number of rotatable bonds is 6. The van der Waals surface area contributed by atoms with Gasteiger partial charge in [-0.15, -0.1) is 6.58 Å². The fraction of sp³-hybridized carbons (Fsp3) is 0.333. The zero-order valence-corrected chi connectivity index (χ0v) is 12.7. The first-order valence-electron chi connectivity index (χ1n) is 6.57. The van der Waals surface area contributed by atoms with Crippen LogP contribution in [-0.2, 0) is 4.79 Å². The molecule has 0 atom stereocenters. The first-order chi connectivity index (χ1) is 9.51. The van der Waals surface area contributed by atoms with Gasteiger partial charge in [0.15, 0.2) is 5.11 Å². The topological polar surface area (TPSA) is 53.2 Å². The fourth-order valence-corrected chi connectivity index (χ4v) is 1.76. The van der Waals surface area contributed by atoms with E-state index in [0.717, 1.165) is 11.4 Å². The molecule has 0 heterocycles. The van der Waals surface area contributed by atoms with Crippen molar-refractivity contribution in [2.24, 2.45) is 5.92 Å². The van der Waals surface area contributed by atoms with Crippen LogP contribution in [-0.4, -0.2) is 17.6 Å². The average molecular weight is 291 g/mol. The van der Waals surface area contributed by atoms with Gasteiger partial charge in [-0.05, 0) is 42.4 Å². The van der Waals surface area contributed by atoms with E-state index in [1.807, 2.05) is 38.1 Å². The van der Waals surface area contributed by atoms with Gasteiger partial charge in [-0.3, -0.25) is 4.79 Å². The van der Waals surface area contributed by atoms with Gasteiger partial charge in [0, 0.05) is 24.3 Å². The molecule has 1 aromatic rings. The van der Waals surface area contributed by atoms with E-state index in [9.17, 15) is 4.79 Å². The van der Waals surface area contributed by atoms with Crippen molar-refractivity contribution in [1.29, 1.82) is 0 Å². The molecule has 1 rings (SSSR count). The Morgan fingerprint density at radius 3 is 2.30 bits per heavy atom. The Morgan fingerprint density at radius 2 is 1.80 bits per heavy atom. The largest absolute Gasteiger partial charge is 0.359 e. The molecule has 5 heteroatoms. The van der Waals surface area contributed by atoms with Gasteiger partial charge in [0.1, 0.15) is 0 Å². The third-order valence-electron chi connectivity index (χ3n) is 2.43. The second-order valence-electron chi connectivity index (χ2n) is 4.85. The van der Waals surface area contributed by atoms with Gasteiger partial charge in [0.25, 0.3) is 0 Å². The maximum Gasteiger partial charge on any atom is 0.224 e. The molecule has 0 saturated carbocycles. The molecule has 0 fully saturated rings. The van der Waals surface area contributed by atoms with Crippen LogP contribution in [0.1, 0.15) is 20.3 Å². The van der Waals surface area contributed by atoms with Crippen LogP contribution in [0, 0.1) is 5.92 Å². The highest BCUT2D eigenvalue weighted by atomic mass is 32.1. The van der Waals surface area contributed by atoms with Crippen molar-refractivity contribution in [2.75, 3.05) is 17.2 Å². The van der Waals surface area contributed by atoms with Gasteiger partial charge >= 0.3 is 0 Å². The number of thiocarbonyl (C=S) groups is 1. The molecule has 0 radical (unpaired) electrons. The summed E-state index contributed by atoms with van der Waals surface area (Å²) in [5, 5.41) is 9.43. The molecule has 0 aromatic heterocycles. The smallest absolute Gasteiger partial charge is 0.224 e. The summed E-state index contributed by atoms with van der Waals surface area (Å²) in [5.74, 6) is 0.383. The van der Waals surface area contributed by atoms with Crippen LogP contribution in [0.4, 0.5) is 11.4 Å². The van der Waals surface area contributed by atoms with Gasteiger partial charge in [0.05, 0.1) is 0 Å². The molecule has 0 unspecified atom stereocenters. The summed E-state index contributed by atoms with van der Waals surface area (Å²) in [6.07, 6.45) is 2.26. The molecule has 0 saturated heterocycles. The molecule has 0 aliphatic heterocycles. The van der Waals surface area contributed by atoms with Crippen molar-refractivity contribution in [3.8, 4) is 0 Å². The molecule has 0 spiro atoms. The Labute approximate surface area is 125 Å². The third kappa shape index (κ3) is 6.33. The van der Waals surface area contributed by atoms with Crippen molar-refractivity contribution in [2.45, 2.75) is 20.3 Å². The standard InChI is InChI=1S/C15H21N3OS/c1-4-9-16-15(20)18-13-7-5-12(6-8-13)17-14(19)10-11(2)3/h4-8,11H,1,9-10H2,2-3H3,(H,17,19)(H2,16,18,20). The molecule has 108 valence electrons. The van der Waals surface area contributed by atoms with Crippen molar-refractivity contribution in [3.63, 3.8) is 0 Å². The van der Waals surface area contributed by atoms with Crippen molar-refractivity contribution in [3.05, 3.63) is 36.9 Å². The Balaban J connectivity index is 2.49. The highest BCUT2D eigenvalue weighted by Gasteiger charge is 2.05. The first-order valence-corrected chi connectivity index (χ1v) is 6.97. The van der Waals surface area contributed by atoms with Gasteiger partial charge in [-0.2, -0.15) is 0 Å². The molecule has 20 heavy (non-hydrogen) atoms. The quantitative estimate of drug-likeness (QED) is 0.557. The van der Waals surface area contributed by atoms with Crippen LogP contribution in [0.5, 0.6) is 0 Å². The van der Waals surface area contributed by atoms with E-state index >= 15 is 0 Å². The number of amides is 1. The summed E-state index contributed by atoms with van der Waals surface area (Å²) in [6.45, 7) is 8.26. The number of carbonyl (C=O) groups excluding carboxylic acids is 1. The van der Waals surface area contributed by atoms with E-state index in [0.29, 0.717) is 24.0 Å². The summed E-state index contributed by atoms with van der Waals surface area (Å²) >= 11 is 5.11. The Morgan fingerprint density at radius 1 is 1.25 bits per heavy atom. The lowest BCUT2D eigenvalue weighted by molar-refractivity contribution is -0.116. The third-order valence-corrected chi connectivity index (χ3v) is 2.67. The summed E-state index contributed by atoms with van der Waals surface area (Å²) in [5.41, 5.74) is 1.65. The number of hydrogen-bond donors (Lipinski definition) is 3. The maximum atomic E-state index is 11.6. The normalized spacial score (nSPS) is 9.95. The second-order valence-corrected chi connectivity index (χ2v) is 5.26. The minimum atomic E-state index is 0.0314. The van der Waals surface area contributed by atoms with Crippen molar-refractivity contribution in [1.82, 2.24) is 5.32 Å². The number of nitrogens with one attached hydrogen (secondary N) is 3. The van der Waals surface area contributed by atoms with Crippen molar-refractivity contribution < 1.29 is 4.79 Å². The van der Waals surface area contributed by atoms with E-state index < -0.39 is 0 Å². The van der Waals surface area contributed by atoms with Crippen LogP contribution in [0.2, 0.25) is 0 Å². The lowest BCUT2D eigenvalue weighted by Gasteiger charge is -2.10. The van der Waals surface area contributed by atoms with Gasteiger partial charge in [-0.25, -0.2) is 0 Å². The molecule has 4 nitrogen and oxygen atoms in total. The van der Waals surface area contributed by atoms with Crippen LogP contribution in [0.15, 0.2) is 36.9 Å². The van der Waals surface area contributed by atoms with E-state index in [-0.39, 0.29) is 5.91 Å². The molecule has 3 N–H and O–H groups in total. The first kappa shape index (κ1) is 16.2. The van der Waals surface area contributed by atoms with Crippen LogP contribution >= 0.6 is 12.2 Å². The monoisotopic (exact) mass is 291 g/mol. The van der Waals surface area contributed by atoms with Gasteiger partial charge in [-0.1, -0.05) is 19.9 Å². The molecular weight excluding hydrogens is 270 g/mol. The fourth-order valence-electron chi connectivity index (χ4n) is 1.56. The minimum Gasteiger partial charge on any atom is -0.359 e. The molecule has 1 amide bonds. The van der Waals surface area contributed by atoms with E-state index in [2.05, 4.69) is 22.5 Å². The van der Waals surface area contributed by atoms with E-state index in [1.54, 1.807) is 6.08 Å². The zero-order valence-electron chi connectivity index (χ0n) is 11.9. The highest BCUT2D eigenvalue weighted by molar-refractivity contribution is 7.80. The van der Waals surface area contributed by atoms with Gasteiger partial charge in [0.2, 0.25) is 5.91 Å². The second kappa shape index (κ2) is 8.32. The number of hydrogen-bond acceptors (Lipinski definition) is 2. The highest BCUT2D eigenvalue weighted by Crippen LogP contribution is 2.14. The Bertz CT molecular complexity index is 469. The molecule has 0 aliphatic rings. The Kier molecular flexibility index (Phi) is 6.73. The number of anilines is 2. The van der Waals surface area contributed by atoms with Gasteiger partial charge < -0.3 is 16.0 Å². The van der Waals surface area contributed by atoms with E-state index in [1.165, 1.54) is 0 Å². The van der Waals surface area contributed by atoms with Crippen LogP contribution < -0.4 is 16.0 Å². The predicted octanol–water partition coefficient (Wildman–Crippen LogP) is 3.14. The summed E-state index contributed by atoms with van der Waals surface area (Å²) in [4.78, 5) is 11.6. The molecular formula is C15H21N3OS. The zero-order chi connectivity index (χ0) is 15.0. The van der Waals surface area contributed by atoms with Crippen LogP contribution in [0.25, 0.3) is 0 Å². The number of carbonyl (C=O) groups is 1. The van der Waals surface area contributed by atoms with Crippen LogP contribution in [0.3, 0.4) is 0 Å². The maximum absolute atomic E-state index is 11.6. The lowest BCUT2D eigenvalue weighted by atomic mass is 10.1. The predicted molar refractivity (Wildman–Crippen MR) is 88.9 cm³/mol. The molecule has 0 aliphatic carbocycles. The van der Waals surface area contributed by atoms with Crippen molar-refractivity contribution >= 4 is 34.6 Å². The molecule has 1 aromatic carbocycles. The molecule has 0 bridgehead atoms. The lowest BCUT2D eigenvalue weighted by Crippen LogP contribution is -2.28. The summed E-state index contributed by atoms with van der Waals surface area (Å²) in [7, 11) is 0. The summed E-state index contributed by atoms with van der Waals surface area (Å²) < 4.78 is 0. The number of benzene rings is 1. The van der Waals surface area contributed by atoms with E-state index in [4.69, 9.17) is 12.2 Å². The SMILES string of the molecule is C=CCNC(=S)Nc1ccc(NC(=O)CC(C)C)cc1. The Hall–Kier alpha value is -1.88. The minimum absolute atomic E-state index is 0.0314. The summed E-state index contributed by atoms with van der Waals surface area (Å²) in [6, 6.07) is 7.42. The average Bonchev–Trinajstić information content (AvgIpc) is 2.37.